The molecule has 2 aromatic carbocycles. The van der Waals surface area contributed by atoms with Gasteiger partial charge in [0.25, 0.3) is 5.91 Å². The van der Waals surface area contributed by atoms with E-state index in [0.29, 0.717) is 40.4 Å². The first-order chi connectivity index (χ1) is 13.6. The smallest absolute Gasteiger partial charge is 0.267 e. The van der Waals surface area contributed by atoms with Crippen LogP contribution in [0.15, 0.2) is 42.5 Å². The van der Waals surface area contributed by atoms with Gasteiger partial charge in [-0.25, -0.2) is 0 Å². The predicted molar refractivity (Wildman–Crippen MR) is 111 cm³/mol. The highest BCUT2D eigenvalue weighted by Gasteiger charge is 2.21. The molecule has 0 atom stereocenters. The van der Waals surface area contributed by atoms with Gasteiger partial charge in [0.2, 0.25) is 5.91 Å². The molecule has 1 saturated heterocycles. The summed E-state index contributed by atoms with van der Waals surface area (Å²) in [5.41, 5.74) is 1.65. The summed E-state index contributed by atoms with van der Waals surface area (Å²) in [5, 5.41) is 4.05. The zero-order valence-corrected chi connectivity index (χ0v) is 16.5. The molecule has 7 heteroatoms. The van der Waals surface area contributed by atoms with Crippen molar-refractivity contribution in [2.24, 2.45) is 0 Å². The van der Waals surface area contributed by atoms with Crippen LogP contribution in [0.2, 0.25) is 5.02 Å². The fourth-order valence-corrected chi connectivity index (χ4v) is 4.76. The van der Waals surface area contributed by atoms with Gasteiger partial charge in [-0.2, -0.15) is 0 Å². The number of thiophene rings is 1. The van der Waals surface area contributed by atoms with E-state index in [9.17, 15) is 14.4 Å². The number of aldehydes is 1. The van der Waals surface area contributed by atoms with E-state index in [1.54, 1.807) is 23.1 Å². The zero-order valence-electron chi connectivity index (χ0n) is 14.9. The van der Waals surface area contributed by atoms with Crippen LogP contribution >= 0.6 is 22.9 Å². The SMILES string of the molecule is O=Cc1ccc(CN2CCCC2=O)cc1NC(=O)c1sc2ccccc2c1Cl. The molecule has 2 amide bonds. The molecule has 0 saturated carbocycles. The molecule has 0 aliphatic carbocycles. The van der Waals surface area contributed by atoms with Gasteiger partial charge in [-0.05, 0) is 30.2 Å². The minimum Gasteiger partial charge on any atom is -0.338 e. The number of anilines is 1. The van der Waals surface area contributed by atoms with E-state index in [4.69, 9.17) is 11.6 Å². The quantitative estimate of drug-likeness (QED) is 0.615. The van der Waals surface area contributed by atoms with Crippen LogP contribution in [0.25, 0.3) is 10.1 Å². The summed E-state index contributed by atoms with van der Waals surface area (Å²) in [6, 6.07) is 12.8. The Balaban J connectivity index is 1.61. The highest BCUT2D eigenvalue weighted by Crippen LogP contribution is 2.35. The minimum absolute atomic E-state index is 0.127. The normalized spacial score (nSPS) is 13.9. The Labute approximate surface area is 170 Å². The summed E-state index contributed by atoms with van der Waals surface area (Å²) >= 11 is 7.70. The fraction of sp³-hybridized carbons (Fsp3) is 0.190. The average Bonchev–Trinajstić information content (AvgIpc) is 3.25. The van der Waals surface area contributed by atoms with E-state index < -0.39 is 0 Å². The van der Waals surface area contributed by atoms with Crippen molar-refractivity contribution in [1.82, 2.24) is 4.90 Å². The summed E-state index contributed by atoms with van der Waals surface area (Å²) < 4.78 is 0.926. The van der Waals surface area contributed by atoms with Crippen LogP contribution in [0.4, 0.5) is 5.69 Å². The lowest BCUT2D eigenvalue weighted by Gasteiger charge is -2.17. The number of nitrogens with zero attached hydrogens (tertiary/aromatic N) is 1. The molecule has 3 aromatic rings. The molecule has 2 heterocycles. The molecule has 0 spiro atoms. The molecule has 1 aliphatic rings. The van der Waals surface area contributed by atoms with Crippen LogP contribution < -0.4 is 5.32 Å². The van der Waals surface area contributed by atoms with Crippen LogP contribution in [0.5, 0.6) is 0 Å². The lowest BCUT2D eigenvalue weighted by Crippen LogP contribution is -2.24. The number of likely N-dealkylation sites (tertiary alicyclic amines) is 1. The van der Waals surface area contributed by atoms with Gasteiger partial charge in [-0.15, -0.1) is 11.3 Å². The third kappa shape index (κ3) is 3.53. The number of benzene rings is 2. The summed E-state index contributed by atoms with van der Waals surface area (Å²) in [6.45, 7) is 1.19. The van der Waals surface area contributed by atoms with Gasteiger partial charge < -0.3 is 10.2 Å². The van der Waals surface area contributed by atoms with Crippen molar-refractivity contribution in [2.75, 3.05) is 11.9 Å². The van der Waals surface area contributed by atoms with E-state index in [-0.39, 0.29) is 11.8 Å². The van der Waals surface area contributed by atoms with E-state index in [2.05, 4.69) is 5.32 Å². The van der Waals surface area contributed by atoms with Crippen LogP contribution in [0.3, 0.4) is 0 Å². The van der Waals surface area contributed by atoms with Gasteiger partial charge in [0.15, 0.2) is 6.29 Å². The first kappa shape index (κ1) is 18.7. The van der Waals surface area contributed by atoms with Crippen LogP contribution in [-0.4, -0.2) is 29.5 Å². The Kier molecular flexibility index (Phi) is 5.15. The van der Waals surface area contributed by atoms with Crippen LogP contribution in [-0.2, 0) is 11.3 Å². The van der Waals surface area contributed by atoms with Gasteiger partial charge in [-0.1, -0.05) is 35.9 Å². The highest BCUT2D eigenvalue weighted by atomic mass is 35.5. The Morgan fingerprint density at radius 3 is 2.79 bits per heavy atom. The number of nitrogens with one attached hydrogen (secondary N) is 1. The van der Waals surface area contributed by atoms with E-state index in [1.807, 2.05) is 24.3 Å². The predicted octanol–water partition coefficient (Wildman–Crippen LogP) is 4.74. The number of amides is 2. The van der Waals surface area contributed by atoms with Gasteiger partial charge in [0.1, 0.15) is 4.88 Å². The monoisotopic (exact) mass is 412 g/mol. The maximum absolute atomic E-state index is 12.8. The lowest BCUT2D eigenvalue weighted by atomic mass is 10.1. The number of carbonyl (C=O) groups excluding carboxylic acids is 3. The molecule has 0 bridgehead atoms. The van der Waals surface area contributed by atoms with Crippen molar-refractivity contribution < 1.29 is 14.4 Å². The standard InChI is InChI=1S/C21H17ClN2O3S/c22-19-15-4-1-2-5-17(15)28-20(19)21(27)23-16-10-13(7-8-14(16)12-25)11-24-9-3-6-18(24)26/h1-2,4-5,7-8,10,12H,3,6,9,11H2,(H,23,27). The van der Waals surface area contributed by atoms with Gasteiger partial charge in [0, 0.05) is 35.2 Å². The van der Waals surface area contributed by atoms with Crippen LogP contribution in [0, 0.1) is 0 Å². The Morgan fingerprint density at radius 1 is 1.25 bits per heavy atom. The molecule has 1 N–H and O–H groups in total. The zero-order chi connectivity index (χ0) is 19.7. The van der Waals surface area contributed by atoms with Crippen molar-refractivity contribution in [3.8, 4) is 0 Å². The molecule has 1 aromatic heterocycles. The molecule has 5 nitrogen and oxygen atoms in total. The second kappa shape index (κ2) is 7.73. The molecule has 1 aliphatic heterocycles. The minimum atomic E-state index is -0.358. The number of fused-ring (bicyclic) bond motifs is 1. The second-order valence-electron chi connectivity index (χ2n) is 6.65. The summed E-state index contributed by atoms with van der Waals surface area (Å²) in [7, 11) is 0. The maximum Gasteiger partial charge on any atom is 0.267 e. The number of rotatable bonds is 5. The Bertz CT molecular complexity index is 1090. The van der Waals surface area contributed by atoms with E-state index in [0.717, 1.165) is 28.6 Å². The molecular formula is C21H17ClN2O3S. The molecule has 1 fully saturated rings. The average molecular weight is 413 g/mol. The Morgan fingerprint density at radius 2 is 2.07 bits per heavy atom. The molecule has 142 valence electrons. The number of carbonyl (C=O) groups is 3. The lowest BCUT2D eigenvalue weighted by molar-refractivity contribution is -0.128. The van der Waals surface area contributed by atoms with Gasteiger partial charge in [0.05, 0.1) is 10.7 Å². The maximum atomic E-state index is 12.8. The summed E-state index contributed by atoms with van der Waals surface area (Å²) in [4.78, 5) is 38.3. The third-order valence-electron chi connectivity index (χ3n) is 4.78. The molecule has 28 heavy (non-hydrogen) atoms. The topological polar surface area (TPSA) is 66.5 Å². The summed E-state index contributed by atoms with van der Waals surface area (Å²) in [5.74, 6) is -0.231. The van der Waals surface area contributed by atoms with Crippen molar-refractivity contribution in [3.63, 3.8) is 0 Å². The van der Waals surface area contributed by atoms with Crippen molar-refractivity contribution >= 4 is 56.8 Å². The first-order valence-electron chi connectivity index (χ1n) is 8.91. The number of hydrogen-bond acceptors (Lipinski definition) is 4. The number of halogens is 1. The van der Waals surface area contributed by atoms with E-state index in [1.165, 1.54) is 11.3 Å². The second-order valence-corrected chi connectivity index (χ2v) is 8.08. The largest absolute Gasteiger partial charge is 0.338 e. The van der Waals surface area contributed by atoms with Crippen LogP contribution in [0.1, 0.15) is 38.4 Å². The first-order valence-corrected chi connectivity index (χ1v) is 10.1. The highest BCUT2D eigenvalue weighted by molar-refractivity contribution is 7.21. The summed E-state index contributed by atoms with van der Waals surface area (Å²) in [6.07, 6.45) is 2.13. The molecule has 4 rings (SSSR count). The van der Waals surface area contributed by atoms with Crippen molar-refractivity contribution in [2.45, 2.75) is 19.4 Å². The van der Waals surface area contributed by atoms with Crippen molar-refractivity contribution in [1.29, 1.82) is 0 Å². The van der Waals surface area contributed by atoms with Crippen molar-refractivity contribution in [3.05, 3.63) is 63.5 Å². The molecular weight excluding hydrogens is 396 g/mol. The third-order valence-corrected chi connectivity index (χ3v) is 6.45. The van der Waals surface area contributed by atoms with E-state index >= 15 is 0 Å². The molecule has 0 radical (unpaired) electrons. The number of hydrogen-bond donors (Lipinski definition) is 1. The fourth-order valence-electron chi connectivity index (χ4n) is 3.34. The Hall–Kier alpha value is -2.70. The van der Waals surface area contributed by atoms with Gasteiger partial charge >= 0.3 is 0 Å². The van der Waals surface area contributed by atoms with Gasteiger partial charge in [-0.3, -0.25) is 14.4 Å². The molecule has 0 unspecified atom stereocenters.